The number of anilines is 2. The van der Waals surface area contributed by atoms with Crippen molar-refractivity contribution in [3.8, 4) is 11.8 Å². The summed E-state index contributed by atoms with van der Waals surface area (Å²) >= 11 is 0. The van der Waals surface area contributed by atoms with Gasteiger partial charge >= 0.3 is 5.97 Å². The Morgan fingerprint density at radius 1 is 1.30 bits per heavy atom. The molecule has 0 saturated carbocycles. The third-order valence-corrected chi connectivity index (χ3v) is 4.35. The van der Waals surface area contributed by atoms with Gasteiger partial charge in [-0.3, -0.25) is 0 Å². The number of pyridine rings is 1. The van der Waals surface area contributed by atoms with Crippen molar-refractivity contribution in [3.05, 3.63) is 65.2 Å². The Hall–Kier alpha value is -3.93. The lowest BCUT2D eigenvalue weighted by Gasteiger charge is -2.06. The number of nitrogen functional groups attached to an aromatic ring is 1. The van der Waals surface area contributed by atoms with E-state index in [-0.39, 0.29) is 11.6 Å². The zero-order valence-electron chi connectivity index (χ0n) is 16.4. The second-order valence-corrected chi connectivity index (χ2v) is 6.39. The van der Waals surface area contributed by atoms with Crippen LogP contribution in [0.15, 0.2) is 42.6 Å². The largest absolute Gasteiger partial charge is 0.462 e. The van der Waals surface area contributed by atoms with Crippen molar-refractivity contribution in [2.75, 3.05) is 24.2 Å². The number of esters is 1. The number of halogens is 1. The number of carbonyl (C=O) groups excluding carboxylic acids is 1. The second-order valence-electron chi connectivity index (χ2n) is 6.39. The van der Waals surface area contributed by atoms with Crippen LogP contribution in [0.2, 0.25) is 0 Å². The van der Waals surface area contributed by atoms with Gasteiger partial charge in [0.2, 0.25) is 0 Å². The SMILES string of the molecule is CCOC(=O)c1ccc(NCCCc2nn(-c3ccc(F)cc3)c(N)c2C#N)nc1. The number of ether oxygens (including phenoxy) is 1. The first-order valence-electron chi connectivity index (χ1n) is 9.44. The summed E-state index contributed by atoms with van der Waals surface area (Å²) < 4.78 is 19.5. The van der Waals surface area contributed by atoms with E-state index in [0.717, 1.165) is 0 Å². The minimum absolute atomic E-state index is 0.225. The van der Waals surface area contributed by atoms with Crippen molar-refractivity contribution in [3.63, 3.8) is 0 Å². The lowest BCUT2D eigenvalue weighted by atomic mass is 10.1. The Bertz CT molecular complexity index is 1050. The first-order valence-corrected chi connectivity index (χ1v) is 9.44. The van der Waals surface area contributed by atoms with E-state index in [0.29, 0.717) is 54.3 Å². The van der Waals surface area contributed by atoms with Crippen molar-refractivity contribution in [1.29, 1.82) is 5.26 Å². The molecule has 0 unspecified atom stereocenters. The molecule has 0 saturated heterocycles. The first-order chi connectivity index (χ1) is 14.5. The van der Waals surface area contributed by atoms with Gasteiger partial charge in [0.25, 0.3) is 0 Å². The monoisotopic (exact) mass is 408 g/mol. The number of hydrogen-bond acceptors (Lipinski definition) is 7. The maximum atomic E-state index is 13.1. The Kier molecular flexibility index (Phi) is 6.60. The van der Waals surface area contributed by atoms with Gasteiger partial charge in [0.1, 0.15) is 29.1 Å². The third-order valence-electron chi connectivity index (χ3n) is 4.35. The fourth-order valence-corrected chi connectivity index (χ4v) is 2.86. The molecule has 2 aromatic heterocycles. The molecule has 3 aromatic rings. The molecule has 0 spiro atoms. The smallest absolute Gasteiger partial charge is 0.339 e. The van der Waals surface area contributed by atoms with Crippen LogP contribution in [-0.2, 0) is 11.2 Å². The molecule has 3 N–H and O–H groups in total. The maximum absolute atomic E-state index is 13.1. The van der Waals surface area contributed by atoms with Gasteiger partial charge in [-0.25, -0.2) is 18.9 Å². The van der Waals surface area contributed by atoms with E-state index in [9.17, 15) is 14.4 Å². The van der Waals surface area contributed by atoms with Crippen molar-refractivity contribution in [2.45, 2.75) is 19.8 Å². The highest BCUT2D eigenvalue weighted by Crippen LogP contribution is 2.21. The normalized spacial score (nSPS) is 10.4. The lowest BCUT2D eigenvalue weighted by molar-refractivity contribution is 0.0526. The molecule has 0 amide bonds. The minimum atomic E-state index is -0.407. The summed E-state index contributed by atoms with van der Waals surface area (Å²) in [6.07, 6.45) is 2.66. The van der Waals surface area contributed by atoms with Crippen molar-refractivity contribution in [1.82, 2.24) is 14.8 Å². The predicted molar refractivity (Wildman–Crippen MR) is 110 cm³/mol. The summed E-state index contributed by atoms with van der Waals surface area (Å²) in [6.45, 7) is 2.64. The average Bonchev–Trinajstić information content (AvgIpc) is 3.07. The molecular formula is C21H21FN6O2. The Balaban J connectivity index is 1.60. The van der Waals surface area contributed by atoms with Crippen LogP contribution < -0.4 is 11.1 Å². The Morgan fingerprint density at radius 2 is 2.07 bits per heavy atom. The summed E-state index contributed by atoms with van der Waals surface area (Å²) in [6, 6.07) is 11.2. The van der Waals surface area contributed by atoms with Crippen LogP contribution in [0, 0.1) is 17.1 Å². The summed E-state index contributed by atoms with van der Waals surface area (Å²) in [7, 11) is 0. The van der Waals surface area contributed by atoms with E-state index in [1.807, 2.05) is 0 Å². The van der Waals surface area contributed by atoms with Gasteiger partial charge in [-0.2, -0.15) is 10.4 Å². The van der Waals surface area contributed by atoms with Gasteiger partial charge in [-0.05, 0) is 56.2 Å². The number of nitrogens with zero attached hydrogens (tertiary/aromatic N) is 4. The molecule has 0 aliphatic carbocycles. The van der Waals surface area contributed by atoms with Crippen LogP contribution in [-0.4, -0.2) is 33.9 Å². The fourth-order valence-electron chi connectivity index (χ4n) is 2.86. The van der Waals surface area contributed by atoms with Crippen LogP contribution in [0.5, 0.6) is 0 Å². The maximum Gasteiger partial charge on any atom is 0.339 e. The fraction of sp³-hybridized carbons (Fsp3) is 0.238. The molecule has 0 aliphatic rings. The average molecular weight is 408 g/mol. The van der Waals surface area contributed by atoms with E-state index >= 15 is 0 Å². The van der Waals surface area contributed by atoms with Crippen molar-refractivity contribution < 1.29 is 13.9 Å². The molecule has 30 heavy (non-hydrogen) atoms. The molecule has 0 aliphatic heterocycles. The lowest BCUT2D eigenvalue weighted by Crippen LogP contribution is -2.08. The summed E-state index contributed by atoms with van der Waals surface area (Å²) in [5.74, 6) is 0.0818. The quantitative estimate of drug-likeness (QED) is 0.434. The molecule has 0 radical (unpaired) electrons. The zero-order chi connectivity index (χ0) is 21.5. The van der Waals surface area contributed by atoms with Crippen molar-refractivity contribution >= 4 is 17.6 Å². The number of nitrogens with two attached hydrogens (primary N) is 1. The highest BCUT2D eigenvalue weighted by Gasteiger charge is 2.16. The Labute approximate surface area is 173 Å². The summed E-state index contributed by atoms with van der Waals surface area (Å²) in [4.78, 5) is 15.8. The molecule has 2 heterocycles. The van der Waals surface area contributed by atoms with Crippen LogP contribution in [0.25, 0.3) is 5.69 Å². The van der Waals surface area contributed by atoms with E-state index in [4.69, 9.17) is 10.5 Å². The number of aryl methyl sites for hydroxylation is 1. The van der Waals surface area contributed by atoms with E-state index < -0.39 is 5.97 Å². The molecule has 154 valence electrons. The highest BCUT2D eigenvalue weighted by molar-refractivity contribution is 5.89. The standard InChI is InChI=1S/C21H21FN6O2/c1-2-30-21(29)14-5-10-19(26-13-14)25-11-3-4-18-17(12-23)20(24)28(27-18)16-8-6-15(22)7-9-16/h5-10,13H,2-4,11,24H2,1H3,(H,25,26). The predicted octanol–water partition coefficient (Wildman–Crippen LogP) is 3.08. The Morgan fingerprint density at radius 3 is 2.70 bits per heavy atom. The molecular weight excluding hydrogens is 387 g/mol. The summed E-state index contributed by atoms with van der Waals surface area (Å²) in [5.41, 5.74) is 7.93. The van der Waals surface area contributed by atoms with E-state index in [1.165, 1.54) is 23.0 Å². The van der Waals surface area contributed by atoms with Gasteiger partial charge in [-0.15, -0.1) is 0 Å². The number of benzene rings is 1. The number of carbonyl (C=O) groups is 1. The molecule has 9 heteroatoms. The number of nitrogens with one attached hydrogen (secondary N) is 1. The van der Waals surface area contributed by atoms with Gasteiger partial charge < -0.3 is 15.8 Å². The minimum Gasteiger partial charge on any atom is -0.462 e. The molecule has 0 atom stereocenters. The molecule has 3 rings (SSSR count). The zero-order valence-corrected chi connectivity index (χ0v) is 16.4. The highest BCUT2D eigenvalue weighted by atomic mass is 19.1. The number of rotatable bonds is 8. The number of hydrogen-bond donors (Lipinski definition) is 2. The van der Waals surface area contributed by atoms with E-state index in [2.05, 4.69) is 21.5 Å². The number of aromatic nitrogens is 3. The summed E-state index contributed by atoms with van der Waals surface area (Å²) in [5, 5.41) is 17.0. The van der Waals surface area contributed by atoms with Gasteiger partial charge in [-0.1, -0.05) is 0 Å². The third kappa shape index (κ3) is 4.72. The van der Waals surface area contributed by atoms with Crippen LogP contribution >= 0.6 is 0 Å². The van der Waals surface area contributed by atoms with Gasteiger partial charge in [0.05, 0.1) is 23.6 Å². The molecule has 1 aromatic carbocycles. The van der Waals surface area contributed by atoms with Crippen molar-refractivity contribution in [2.24, 2.45) is 0 Å². The first kappa shape index (κ1) is 20.8. The molecule has 0 fully saturated rings. The molecule has 8 nitrogen and oxygen atoms in total. The number of nitriles is 1. The molecule has 0 bridgehead atoms. The van der Waals surface area contributed by atoms with Crippen LogP contribution in [0.3, 0.4) is 0 Å². The topological polar surface area (TPSA) is 119 Å². The van der Waals surface area contributed by atoms with Gasteiger partial charge in [0.15, 0.2) is 0 Å². The van der Waals surface area contributed by atoms with Crippen LogP contribution in [0.4, 0.5) is 16.0 Å². The van der Waals surface area contributed by atoms with Gasteiger partial charge in [0, 0.05) is 12.7 Å². The van der Waals surface area contributed by atoms with E-state index in [1.54, 1.807) is 31.2 Å². The second kappa shape index (κ2) is 9.52. The van der Waals surface area contributed by atoms with Crippen LogP contribution in [0.1, 0.15) is 35.0 Å².